The topological polar surface area (TPSA) is 36.4 Å². The average molecular weight is 234 g/mol. The van der Waals surface area contributed by atoms with Crippen LogP contribution in [0.15, 0.2) is 12.1 Å². The molecule has 1 aliphatic carbocycles. The molecular weight excluding hydrogens is 212 g/mol. The van der Waals surface area contributed by atoms with Gasteiger partial charge in [-0.15, -0.1) is 0 Å². The van der Waals surface area contributed by atoms with Crippen molar-refractivity contribution in [2.45, 2.75) is 39.2 Å². The molecule has 0 bridgehead atoms. The SMILES string of the molecule is Cc1cc(CO)cc(N(C)CC2CCCC2)n1. The Hall–Kier alpha value is -1.09. The zero-order valence-corrected chi connectivity index (χ0v) is 10.8. The second-order valence-electron chi connectivity index (χ2n) is 5.16. The summed E-state index contributed by atoms with van der Waals surface area (Å²) in [6.45, 7) is 3.15. The number of hydrogen-bond donors (Lipinski definition) is 1. The third-order valence-corrected chi connectivity index (χ3v) is 3.58. The molecule has 3 heteroatoms. The van der Waals surface area contributed by atoms with Crippen LogP contribution in [-0.2, 0) is 6.61 Å². The summed E-state index contributed by atoms with van der Waals surface area (Å²) < 4.78 is 0. The quantitative estimate of drug-likeness (QED) is 0.869. The molecule has 1 fully saturated rings. The van der Waals surface area contributed by atoms with Gasteiger partial charge in [-0.05, 0) is 43.4 Å². The van der Waals surface area contributed by atoms with E-state index in [-0.39, 0.29) is 6.61 Å². The van der Waals surface area contributed by atoms with Gasteiger partial charge in [-0.3, -0.25) is 0 Å². The van der Waals surface area contributed by atoms with Crippen LogP contribution in [0.1, 0.15) is 36.9 Å². The molecule has 1 aliphatic rings. The van der Waals surface area contributed by atoms with Gasteiger partial charge in [-0.1, -0.05) is 12.8 Å². The highest BCUT2D eigenvalue weighted by Gasteiger charge is 2.17. The summed E-state index contributed by atoms with van der Waals surface area (Å²) in [6, 6.07) is 3.93. The van der Waals surface area contributed by atoms with E-state index in [1.54, 1.807) is 0 Å². The smallest absolute Gasteiger partial charge is 0.128 e. The molecule has 0 unspecified atom stereocenters. The van der Waals surface area contributed by atoms with Crippen molar-refractivity contribution in [1.82, 2.24) is 4.98 Å². The fourth-order valence-corrected chi connectivity index (χ4v) is 2.68. The number of pyridine rings is 1. The Morgan fingerprint density at radius 2 is 2.06 bits per heavy atom. The maximum absolute atomic E-state index is 9.21. The summed E-state index contributed by atoms with van der Waals surface area (Å²) in [5.74, 6) is 1.81. The highest BCUT2D eigenvalue weighted by atomic mass is 16.3. The van der Waals surface area contributed by atoms with Crippen LogP contribution in [0.2, 0.25) is 0 Å². The van der Waals surface area contributed by atoms with Gasteiger partial charge in [0.2, 0.25) is 0 Å². The van der Waals surface area contributed by atoms with Crippen molar-refractivity contribution in [3.05, 3.63) is 23.4 Å². The lowest BCUT2D eigenvalue weighted by atomic mass is 10.1. The Kier molecular flexibility index (Phi) is 4.00. The summed E-state index contributed by atoms with van der Waals surface area (Å²) in [4.78, 5) is 6.76. The first-order valence-electron chi connectivity index (χ1n) is 6.48. The van der Waals surface area contributed by atoms with Gasteiger partial charge in [0, 0.05) is 19.3 Å². The van der Waals surface area contributed by atoms with Crippen LogP contribution >= 0.6 is 0 Å². The minimum atomic E-state index is 0.0909. The summed E-state index contributed by atoms with van der Waals surface area (Å²) in [5, 5.41) is 9.21. The van der Waals surface area contributed by atoms with Crippen LogP contribution in [0.3, 0.4) is 0 Å². The molecule has 0 aliphatic heterocycles. The van der Waals surface area contributed by atoms with Crippen LogP contribution in [0.25, 0.3) is 0 Å². The number of nitrogens with zero attached hydrogens (tertiary/aromatic N) is 2. The number of aryl methyl sites for hydroxylation is 1. The van der Waals surface area contributed by atoms with Crippen molar-refractivity contribution in [3.8, 4) is 0 Å². The monoisotopic (exact) mass is 234 g/mol. The molecule has 1 aromatic rings. The van der Waals surface area contributed by atoms with Crippen LogP contribution in [0.5, 0.6) is 0 Å². The summed E-state index contributed by atoms with van der Waals surface area (Å²) in [5.41, 5.74) is 1.93. The minimum absolute atomic E-state index is 0.0909. The van der Waals surface area contributed by atoms with Crippen molar-refractivity contribution in [3.63, 3.8) is 0 Å². The van der Waals surface area contributed by atoms with E-state index in [2.05, 4.69) is 16.9 Å². The molecule has 1 saturated carbocycles. The third kappa shape index (κ3) is 3.19. The largest absolute Gasteiger partial charge is 0.392 e. The van der Waals surface area contributed by atoms with Gasteiger partial charge in [0.15, 0.2) is 0 Å². The first-order valence-corrected chi connectivity index (χ1v) is 6.48. The maximum Gasteiger partial charge on any atom is 0.128 e. The second kappa shape index (κ2) is 5.50. The van der Waals surface area contributed by atoms with Crippen molar-refractivity contribution in [2.75, 3.05) is 18.5 Å². The Morgan fingerprint density at radius 1 is 1.35 bits per heavy atom. The van der Waals surface area contributed by atoms with Crippen molar-refractivity contribution in [2.24, 2.45) is 5.92 Å². The Morgan fingerprint density at radius 3 is 2.71 bits per heavy atom. The standard InChI is InChI=1S/C14H22N2O/c1-11-7-13(10-17)8-14(15-11)16(2)9-12-5-3-4-6-12/h7-8,12,17H,3-6,9-10H2,1-2H3. The number of aromatic nitrogens is 1. The van der Waals surface area contributed by atoms with Gasteiger partial charge in [-0.2, -0.15) is 0 Å². The van der Waals surface area contributed by atoms with E-state index < -0.39 is 0 Å². The average Bonchev–Trinajstić information content (AvgIpc) is 2.81. The second-order valence-corrected chi connectivity index (χ2v) is 5.16. The predicted molar refractivity (Wildman–Crippen MR) is 70.1 cm³/mol. The highest BCUT2D eigenvalue weighted by molar-refractivity contribution is 5.41. The number of hydrogen-bond acceptors (Lipinski definition) is 3. The van der Waals surface area contributed by atoms with E-state index in [0.29, 0.717) is 0 Å². The summed E-state index contributed by atoms with van der Waals surface area (Å²) in [7, 11) is 2.10. The molecule has 3 nitrogen and oxygen atoms in total. The molecule has 94 valence electrons. The highest BCUT2D eigenvalue weighted by Crippen LogP contribution is 2.26. The molecule has 1 aromatic heterocycles. The first-order chi connectivity index (χ1) is 8.19. The van der Waals surface area contributed by atoms with E-state index in [0.717, 1.165) is 29.5 Å². The van der Waals surface area contributed by atoms with E-state index in [1.807, 2.05) is 19.1 Å². The normalized spacial score (nSPS) is 16.4. The molecule has 2 rings (SSSR count). The molecule has 0 amide bonds. The van der Waals surface area contributed by atoms with Gasteiger partial charge in [-0.25, -0.2) is 4.98 Å². The lowest BCUT2D eigenvalue weighted by Gasteiger charge is -2.22. The van der Waals surface area contributed by atoms with Crippen LogP contribution in [0.4, 0.5) is 5.82 Å². The zero-order valence-electron chi connectivity index (χ0n) is 10.8. The molecule has 0 aromatic carbocycles. The van der Waals surface area contributed by atoms with Crippen molar-refractivity contribution < 1.29 is 5.11 Å². The van der Waals surface area contributed by atoms with Gasteiger partial charge >= 0.3 is 0 Å². The Labute approximate surface area is 103 Å². The number of aliphatic hydroxyl groups is 1. The lowest BCUT2D eigenvalue weighted by Crippen LogP contribution is -2.25. The van der Waals surface area contributed by atoms with Crippen LogP contribution in [-0.4, -0.2) is 23.7 Å². The van der Waals surface area contributed by atoms with E-state index in [4.69, 9.17) is 0 Å². The molecule has 0 spiro atoms. The summed E-state index contributed by atoms with van der Waals surface area (Å²) in [6.07, 6.45) is 5.45. The van der Waals surface area contributed by atoms with E-state index in [9.17, 15) is 5.11 Å². The van der Waals surface area contributed by atoms with Gasteiger partial charge in [0.1, 0.15) is 5.82 Å². The van der Waals surface area contributed by atoms with E-state index in [1.165, 1.54) is 25.7 Å². The molecule has 0 atom stereocenters. The number of aliphatic hydroxyl groups excluding tert-OH is 1. The molecule has 1 N–H and O–H groups in total. The molecule has 0 saturated heterocycles. The Bertz CT molecular complexity index is 372. The first kappa shape index (κ1) is 12.4. The van der Waals surface area contributed by atoms with Crippen LogP contribution < -0.4 is 4.90 Å². The van der Waals surface area contributed by atoms with Gasteiger partial charge in [0.25, 0.3) is 0 Å². The molecule has 0 radical (unpaired) electrons. The molecule has 17 heavy (non-hydrogen) atoms. The third-order valence-electron chi connectivity index (χ3n) is 3.58. The molecule has 1 heterocycles. The van der Waals surface area contributed by atoms with Crippen molar-refractivity contribution in [1.29, 1.82) is 0 Å². The number of rotatable bonds is 4. The lowest BCUT2D eigenvalue weighted by molar-refractivity contribution is 0.281. The van der Waals surface area contributed by atoms with Gasteiger partial charge in [0.05, 0.1) is 6.61 Å². The fourth-order valence-electron chi connectivity index (χ4n) is 2.68. The van der Waals surface area contributed by atoms with Crippen molar-refractivity contribution >= 4 is 5.82 Å². The molecular formula is C14H22N2O. The van der Waals surface area contributed by atoms with Crippen LogP contribution in [0, 0.1) is 12.8 Å². The zero-order chi connectivity index (χ0) is 12.3. The van der Waals surface area contributed by atoms with E-state index >= 15 is 0 Å². The summed E-state index contributed by atoms with van der Waals surface area (Å²) >= 11 is 0. The number of anilines is 1. The fraction of sp³-hybridized carbons (Fsp3) is 0.643. The maximum atomic E-state index is 9.21. The Balaban J connectivity index is 2.06. The predicted octanol–water partition coefficient (Wildman–Crippen LogP) is 2.51. The minimum Gasteiger partial charge on any atom is -0.392 e. The van der Waals surface area contributed by atoms with Gasteiger partial charge < -0.3 is 10.0 Å².